The van der Waals surface area contributed by atoms with Crippen LogP contribution in [-0.4, -0.2) is 38.3 Å². The maximum atomic E-state index is 5.77. The van der Waals surface area contributed by atoms with Gasteiger partial charge in [-0.25, -0.2) is 0 Å². The smallest absolute Gasteiger partial charge is 0.119 e. The first-order valence-electron chi connectivity index (χ1n) is 6.76. The molecule has 0 aliphatic carbocycles. The summed E-state index contributed by atoms with van der Waals surface area (Å²) in [5.41, 5.74) is 0. The molecule has 0 spiro atoms. The summed E-state index contributed by atoms with van der Waals surface area (Å²) in [4.78, 5) is 2.46. The van der Waals surface area contributed by atoms with E-state index >= 15 is 0 Å². The summed E-state index contributed by atoms with van der Waals surface area (Å²) in [5.74, 6) is 1.80. The minimum Gasteiger partial charge on any atom is -0.497 e. The van der Waals surface area contributed by atoms with E-state index in [1.165, 1.54) is 25.8 Å². The number of likely N-dealkylation sites (tertiary alicyclic amines) is 1. The third-order valence-corrected chi connectivity index (χ3v) is 3.70. The number of methoxy groups -OCH3 is 1. The number of nitrogens with zero attached hydrogens (tertiary/aromatic N) is 1. The second kappa shape index (κ2) is 6.64. The van der Waals surface area contributed by atoms with E-state index in [1.807, 2.05) is 24.3 Å². The molecule has 0 N–H and O–H groups in total. The number of piperidine rings is 1. The molecule has 1 fully saturated rings. The van der Waals surface area contributed by atoms with E-state index in [0.717, 1.165) is 24.5 Å². The lowest BCUT2D eigenvalue weighted by Gasteiger charge is -2.32. The number of hydrogen-bond donors (Lipinski definition) is 0. The molecule has 0 radical (unpaired) electrons. The van der Waals surface area contributed by atoms with Crippen LogP contribution in [0.1, 0.15) is 25.7 Å². The van der Waals surface area contributed by atoms with Crippen LogP contribution in [0.5, 0.6) is 11.5 Å². The van der Waals surface area contributed by atoms with Crippen LogP contribution < -0.4 is 9.47 Å². The number of ether oxygens (including phenoxy) is 2. The van der Waals surface area contributed by atoms with E-state index in [-0.39, 0.29) is 0 Å². The molecule has 1 aromatic carbocycles. The van der Waals surface area contributed by atoms with Crippen LogP contribution in [0.4, 0.5) is 0 Å². The van der Waals surface area contributed by atoms with E-state index in [1.54, 1.807) is 7.11 Å². The van der Waals surface area contributed by atoms with E-state index < -0.39 is 0 Å². The Morgan fingerprint density at radius 2 is 1.89 bits per heavy atom. The molecular formula is C15H23NO2. The molecule has 1 aliphatic heterocycles. The minimum absolute atomic E-state index is 0.692. The van der Waals surface area contributed by atoms with Crippen LogP contribution in [0.25, 0.3) is 0 Å². The summed E-state index contributed by atoms with van der Waals surface area (Å²) >= 11 is 0. The highest BCUT2D eigenvalue weighted by molar-refractivity contribution is 5.31. The molecule has 1 aromatic rings. The highest BCUT2D eigenvalue weighted by Gasteiger charge is 2.18. The van der Waals surface area contributed by atoms with Crippen molar-refractivity contribution in [2.24, 2.45) is 0 Å². The fourth-order valence-electron chi connectivity index (χ4n) is 2.49. The van der Waals surface area contributed by atoms with Crippen molar-refractivity contribution in [3.05, 3.63) is 24.3 Å². The molecule has 2 rings (SSSR count). The molecule has 3 nitrogen and oxygen atoms in total. The van der Waals surface area contributed by atoms with Gasteiger partial charge in [-0.2, -0.15) is 0 Å². The zero-order valence-corrected chi connectivity index (χ0v) is 11.4. The molecule has 0 bridgehead atoms. The van der Waals surface area contributed by atoms with Gasteiger partial charge in [0.15, 0.2) is 0 Å². The third-order valence-electron chi connectivity index (χ3n) is 3.70. The molecule has 3 heteroatoms. The van der Waals surface area contributed by atoms with Gasteiger partial charge in [0.25, 0.3) is 0 Å². The van der Waals surface area contributed by atoms with Gasteiger partial charge in [0.2, 0.25) is 0 Å². The van der Waals surface area contributed by atoms with Gasteiger partial charge >= 0.3 is 0 Å². The molecule has 1 unspecified atom stereocenters. The van der Waals surface area contributed by atoms with E-state index in [4.69, 9.17) is 9.47 Å². The lowest BCUT2D eigenvalue weighted by Crippen LogP contribution is -2.37. The predicted molar refractivity (Wildman–Crippen MR) is 73.4 cm³/mol. The third kappa shape index (κ3) is 3.64. The van der Waals surface area contributed by atoms with Gasteiger partial charge in [-0.3, -0.25) is 0 Å². The van der Waals surface area contributed by atoms with Crippen LogP contribution >= 0.6 is 0 Å². The second-order valence-electron chi connectivity index (χ2n) is 4.94. The van der Waals surface area contributed by atoms with Crippen molar-refractivity contribution in [1.29, 1.82) is 0 Å². The predicted octanol–water partition coefficient (Wildman–Crippen LogP) is 2.95. The first-order valence-corrected chi connectivity index (χ1v) is 6.76. The first-order chi connectivity index (χ1) is 8.79. The Bertz CT molecular complexity index is 350. The van der Waals surface area contributed by atoms with Crippen molar-refractivity contribution in [3.8, 4) is 11.5 Å². The Hall–Kier alpha value is -1.22. The molecule has 100 valence electrons. The summed E-state index contributed by atoms with van der Waals surface area (Å²) < 4.78 is 10.9. The number of hydrogen-bond acceptors (Lipinski definition) is 3. The number of benzene rings is 1. The van der Waals surface area contributed by atoms with Crippen LogP contribution in [0.2, 0.25) is 0 Å². The quantitative estimate of drug-likeness (QED) is 0.801. The Morgan fingerprint density at radius 3 is 2.56 bits per heavy atom. The van der Waals surface area contributed by atoms with Crippen molar-refractivity contribution < 1.29 is 9.47 Å². The fraction of sp³-hybridized carbons (Fsp3) is 0.600. The lowest BCUT2D eigenvalue weighted by molar-refractivity contribution is 0.153. The van der Waals surface area contributed by atoms with Crippen LogP contribution in [0.3, 0.4) is 0 Å². The van der Waals surface area contributed by atoms with Crippen LogP contribution in [0, 0.1) is 0 Å². The van der Waals surface area contributed by atoms with Gasteiger partial charge < -0.3 is 14.4 Å². The van der Waals surface area contributed by atoms with Gasteiger partial charge in [-0.05, 0) is 57.1 Å². The topological polar surface area (TPSA) is 21.7 Å². The van der Waals surface area contributed by atoms with Crippen molar-refractivity contribution in [3.63, 3.8) is 0 Å². The Balaban J connectivity index is 1.73. The highest BCUT2D eigenvalue weighted by Crippen LogP contribution is 2.20. The first kappa shape index (κ1) is 13.2. The summed E-state index contributed by atoms with van der Waals surface area (Å²) in [5, 5.41) is 0. The average molecular weight is 249 g/mol. The zero-order valence-electron chi connectivity index (χ0n) is 11.4. The summed E-state index contributed by atoms with van der Waals surface area (Å²) in [7, 11) is 3.89. The molecule has 0 amide bonds. The van der Waals surface area contributed by atoms with E-state index in [0.29, 0.717) is 6.04 Å². The maximum absolute atomic E-state index is 5.77. The fourth-order valence-corrected chi connectivity index (χ4v) is 2.49. The zero-order chi connectivity index (χ0) is 12.8. The average Bonchev–Trinajstić information content (AvgIpc) is 2.42. The van der Waals surface area contributed by atoms with Crippen molar-refractivity contribution in [2.75, 3.05) is 27.3 Å². The van der Waals surface area contributed by atoms with Gasteiger partial charge in [-0.1, -0.05) is 6.42 Å². The highest BCUT2D eigenvalue weighted by atomic mass is 16.5. The van der Waals surface area contributed by atoms with Gasteiger partial charge in [-0.15, -0.1) is 0 Å². The number of rotatable bonds is 5. The molecule has 1 atom stereocenters. The van der Waals surface area contributed by atoms with Gasteiger partial charge in [0.1, 0.15) is 11.5 Å². The Morgan fingerprint density at radius 1 is 1.17 bits per heavy atom. The van der Waals surface area contributed by atoms with E-state index in [9.17, 15) is 0 Å². The molecule has 1 saturated heterocycles. The summed E-state index contributed by atoms with van der Waals surface area (Å²) in [6.45, 7) is 2.02. The normalized spacial score (nSPS) is 20.7. The van der Waals surface area contributed by atoms with Crippen LogP contribution in [-0.2, 0) is 0 Å². The SMILES string of the molecule is COc1ccc(OCCC2CCCCN2C)cc1. The second-order valence-corrected chi connectivity index (χ2v) is 4.94. The standard InChI is InChI=1S/C15H23NO2/c1-16-11-4-3-5-13(16)10-12-18-15-8-6-14(17-2)7-9-15/h6-9,13H,3-5,10-12H2,1-2H3. The molecule has 1 aliphatic rings. The largest absolute Gasteiger partial charge is 0.497 e. The Kier molecular flexibility index (Phi) is 4.88. The molecule has 1 heterocycles. The lowest BCUT2D eigenvalue weighted by atomic mass is 10.0. The molecule has 0 saturated carbocycles. The van der Waals surface area contributed by atoms with Crippen molar-refractivity contribution in [2.45, 2.75) is 31.7 Å². The Labute approximate surface area is 110 Å². The molecule has 18 heavy (non-hydrogen) atoms. The molecular weight excluding hydrogens is 226 g/mol. The minimum atomic E-state index is 0.692. The summed E-state index contributed by atoms with van der Waals surface area (Å²) in [6, 6.07) is 8.48. The maximum Gasteiger partial charge on any atom is 0.119 e. The monoisotopic (exact) mass is 249 g/mol. The van der Waals surface area contributed by atoms with Gasteiger partial charge in [0.05, 0.1) is 13.7 Å². The van der Waals surface area contributed by atoms with Crippen LogP contribution in [0.15, 0.2) is 24.3 Å². The van der Waals surface area contributed by atoms with E-state index in [2.05, 4.69) is 11.9 Å². The van der Waals surface area contributed by atoms with Gasteiger partial charge in [0, 0.05) is 6.04 Å². The van der Waals surface area contributed by atoms with Crippen molar-refractivity contribution >= 4 is 0 Å². The summed E-state index contributed by atoms with van der Waals surface area (Å²) in [6.07, 6.45) is 5.12. The molecule has 0 aromatic heterocycles. The van der Waals surface area contributed by atoms with Crippen molar-refractivity contribution in [1.82, 2.24) is 4.90 Å².